The van der Waals surface area contributed by atoms with Crippen molar-refractivity contribution in [3.8, 4) is 5.75 Å². The molecule has 150 valence electrons. The predicted molar refractivity (Wildman–Crippen MR) is 116 cm³/mol. The summed E-state index contributed by atoms with van der Waals surface area (Å²) in [6, 6.07) is 18.2. The topological polar surface area (TPSA) is 67.4 Å². The van der Waals surface area contributed by atoms with Gasteiger partial charge in [-0.25, -0.2) is 0 Å². The minimum atomic E-state index is 0.0107. The molecule has 1 aliphatic heterocycles. The standard InChI is InChI=1S/C22H24N4O2S/c1-28-19-10-6-5-7-17(19)15-20-24-25-22(29-20)23-21(27)16-11-13-26(14-12-16)18-8-3-2-4-9-18/h2-10,16H,11-15H2,1H3,(H,23,25,27). The Morgan fingerprint density at radius 3 is 2.59 bits per heavy atom. The smallest absolute Gasteiger partial charge is 0.229 e. The van der Waals surface area contributed by atoms with Crippen LogP contribution < -0.4 is 15.0 Å². The number of hydrogen-bond acceptors (Lipinski definition) is 6. The van der Waals surface area contributed by atoms with Crippen LogP contribution in [-0.4, -0.2) is 36.3 Å². The Labute approximate surface area is 174 Å². The summed E-state index contributed by atoms with van der Waals surface area (Å²) in [6.07, 6.45) is 2.31. The second-order valence-corrected chi connectivity index (χ2v) is 8.14. The number of carbonyl (C=O) groups is 1. The minimum Gasteiger partial charge on any atom is -0.496 e. The van der Waals surface area contributed by atoms with Crippen molar-refractivity contribution in [3.63, 3.8) is 0 Å². The maximum Gasteiger partial charge on any atom is 0.229 e. The van der Waals surface area contributed by atoms with Gasteiger partial charge >= 0.3 is 0 Å². The van der Waals surface area contributed by atoms with E-state index in [0.29, 0.717) is 11.6 Å². The molecule has 0 spiro atoms. The lowest BCUT2D eigenvalue weighted by Gasteiger charge is -2.32. The van der Waals surface area contributed by atoms with Gasteiger partial charge < -0.3 is 15.0 Å². The van der Waals surface area contributed by atoms with Crippen molar-refractivity contribution in [2.45, 2.75) is 19.3 Å². The molecule has 1 saturated heterocycles. The number of methoxy groups -OCH3 is 1. The van der Waals surface area contributed by atoms with Crippen LogP contribution in [0.5, 0.6) is 5.75 Å². The van der Waals surface area contributed by atoms with Crippen LogP contribution in [0, 0.1) is 5.92 Å². The quantitative estimate of drug-likeness (QED) is 0.668. The highest BCUT2D eigenvalue weighted by molar-refractivity contribution is 7.15. The van der Waals surface area contributed by atoms with Crippen molar-refractivity contribution in [1.29, 1.82) is 0 Å². The van der Waals surface area contributed by atoms with Crippen LogP contribution in [0.1, 0.15) is 23.4 Å². The molecule has 6 nitrogen and oxygen atoms in total. The van der Waals surface area contributed by atoms with Gasteiger partial charge in [-0.1, -0.05) is 47.7 Å². The molecule has 4 rings (SSSR count). The Bertz CT molecular complexity index is 952. The van der Waals surface area contributed by atoms with E-state index in [9.17, 15) is 4.79 Å². The van der Waals surface area contributed by atoms with Gasteiger partial charge in [-0.2, -0.15) is 0 Å². The number of aromatic nitrogens is 2. The van der Waals surface area contributed by atoms with E-state index >= 15 is 0 Å². The van der Waals surface area contributed by atoms with Crippen molar-refractivity contribution < 1.29 is 9.53 Å². The molecule has 2 aromatic carbocycles. The number of anilines is 2. The molecule has 1 aromatic heterocycles. The maximum atomic E-state index is 12.7. The largest absolute Gasteiger partial charge is 0.496 e. The number of benzene rings is 2. The summed E-state index contributed by atoms with van der Waals surface area (Å²) >= 11 is 1.42. The molecule has 1 aliphatic rings. The second-order valence-electron chi connectivity index (χ2n) is 7.08. The van der Waals surface area contributed by atoms with Gasteiger partial charge in [0.1, 0.15) is 10.8 Å². The number of para-hydroxylation sites is 2. The molecule has 1 fully saturated rings. The van der Waals surface area contributed by atoms with Crippen molar-refractivity contribution in [3.05, 3.63) is 65.2 Å². The number of hydrogen-bond donors (Lipinski definition) is 1. The van der Waals surface area contributed by atoms with Gasteiger partial charge in [-0.3, -0.25) is 4.79 Å². The fraction of sp³-hybridized carbons (Fsp3) is 0.318. The van der Waals surface area contributed by atoms with Crippen LogP contribution in [0.25, 0.3) is 0 Å². The molecular formula is C22H24N4O2S. The summed E-state index contributed by atoms with van der Waals surface area (Å²) in [5.74, 6) is 0.882. The third kappa shape index (κ3) is 4.74. The van der Waals surface area contributed by atoms with Crippen molar-refractivity contribution in [2.24, 2.45) is 5.92 Å². The molecule has 1 N–H and O–H groups in total. The molecule has 2 heterocycles. The molecule has 0 aliphatic carbocycles. The Balaban J connectivity index is 1.32. The SMILES string of the molecule is COc1ccccc1Cc1nnc(NC(=O)C2CCN(c3ccccc3)CC2)s1. The molecule has 0 bridgehead atoms. The third-order valence-corrected chi connectivity index (χ3v) is 6.06. The van der Waals surface area contributed by atoms with Gasteiger partial charge in [0, 0.05) is 36.7 Å². The van der Waals surface area contributed by atoms with E-state index in [-0.39, 0.29) is 11.8 Å². The number of rotatable bonds is 6. The van der Waals surface area contributed by atoms with Gasteiger partial charge in [0.25, 0.3) is 0 Å². The first-order valence-corrected chi connectivity index (χ1v) is 10.6. The Morgan fingerprint density at radius 1 is 1.10 bits per heavy atom. The Morgan fingerprint density at radius 2 is 1.83 bits per heavy atom. The molecule has 7 heteroatoms. The molecule has 0 unspecified atom stereocenters. The zero-order chi connectivity index (χ0) is 20.1. The summed E-state index contributed by atoms with van der Waals surface area (Å²) in [4.78, 5) is 15.0. The zero-order valence-corrected chi connectivity index (χ0v) is 17.2. The molecule has 1 amide bonds. The Hall–Kier alpha value is -2.93. The molecule has 0 atom stereocenters. The van der Waals surface area contributed by atoms with Gasteiger partial charge in [-0.15, -0.1) is 10.2 Å². The van der Waals surface area contributed by atoms with Crippen LogP contribution in [-0.2, 0) is 11.2 Å². The summed E-state index contributed by atoms with van der Waals surface area (Å²) in [5.41, 5.74) is 2.27. The normalized spacial score (nSPS) is 14.6. The van der Waals surface area contributed by atoms with Gasteiger partial charge in [0.05, 0.1) is 7.11 Å². The molecule has 0 saturated carbocycles. The van der Waals surface area contributed by atoms with E-state index in [1.54, 1.807) is 7.11 Å². The lowest BCUT2D eigenvalue weighted by atomic mass is 9.95. The van der Waals surface area contributed by atoms with Crippen LogP contribution in [0.2, 0.25) is 0 Å². The van der Waals surface area contributed by atoms with Crippen LogP contribution in [0.15, 0.2) is 54.6 Å². The zero-order valence-electron chi connectivity index (χ0n) is 16.4. The number of piperidine rings is 1. The summed E-state index contributed by atoms with van der Waals surface area (Å²) in [6.45, 7) is 1.77. The summed E-state index contributed by atoms with van der Waals surface area (Å²) < 4.78 is 5.39. The first kappa shape index (κ1) is 19.4. The van der Waals surface area contributed by atoms with E-state index in [1.807, 2.05) is 42.5 Å². The summed E-state index contributed by atoms with van der Waals surface area (Å²) in [5, 5.41) is 12.7. The van der Waals surface area contributed by atoms with E-state index in [2.05, 4.69) is 32.5 Å². The maximum absolute atomic E-state index is 12.7. The number of carbonyl (C=O) groups excluding carboxylic acids is 1. The molecular weight excluding hydrogens is 384 g/mol. The average molecular weight is 409 g/mol. The van der Waals surface area contributed by atoms with E-state index < -0.39 is 0 Å². The molecule has 0 radical (unpaired) electrons. The number of nitrogens with one attached hydrogen (secondary N) is 1. The average Bonchev–Trinajstić information content (AvgIpc) is 3.21. The lowest BCUT2D eigenvalue weighted by Crippen LogP contribution is -2.38. The van der Waals surface area contributed by atoms with E-state index in [0.717, 1.165) is 42.3 Å². The minimum absolute atomic E-state index is 0.0107. The lowest BCUT2D eigenvalue weighted by molar-refractivity contribution is -0.120. The fourth-order valence-electron chi connectivity index (χ4n) is 3.63. The Kier molecular flexibility index (Phi) is 6.05. The number of amides is 1. The third-order valence-electron chi connectivity index (χ3n) is 5.22. The van der Waals surface area contributed by atoms with Crippen molar-refractivity contribution >= 4 is 28.1 Å². The van der Waals surface area contributed by atoms with Crippen LogP contribution in [0.3, 0.4) is 0 Å². The fourth-order valence-corrected chi connectivity index (χ4v) is 4.40. The highest BCUT2D eigenvalue weighted by Gasteiger charge is 2.26. The van der Waals surface area contributed by atoms with E-state index in [1.165, 1.54) is 17.0 Å². The van der Waals surface area contributed by atoms with Gasteiger partial charge in [-0.05, 0) is 31.0 Å². The van der Waals surface area contributed by atoms with E-state index in [4.69, 9.17) is 4.74 Å². The first-order chi connectivity index (χ1) is 14.2. The number of ether oxygens (including phenoxy) is 1. The highest BCUT2D eigenvalue weighted by atomic mass is 32.1. The first-order valence-electron chi connectivity index (χ1n) is 9.78. The van der Waals surface area contributed by atoms with Gasteiger partial charge in [0.15, 0.2) is 0 Å². The monoisotopic (exact) mass is 408 g/mol. The van der Waals surface area contributed by atoms with Crippen molar-refractivity contribution in [2.75, 3.05) is 30.4 Å². The number of nitrogens with zero attached hydrogens (tertiary/aromatic N) is 3. The second kappa shape index (κ2) is 9.05. The van der Waals surface area contributed by atoms with Gasteiger partial charge in [0.2, 0.25) is 11.0 Å². The summed E-state index contributed by atoms with van der Waals surface area (Å²) in [7, 11) is 1.66. The molecule has 29 heavy (non-hydrogen) atoms. The highest BCUT2D eigenvalue weighted by Crippen LogP contribution is 2.27. The van der Waals surface area contributed by atoms with Crippen LogP contribution >= 0.6 is 11.3 Å². The predicted octanol–water partition coefficient (Wildman–Crippen LogP) is 3.99. The van der Waals surface area contributed by atoms with Crippen molar-refractivity contribution in [1.82, 2.24) is 10.2 Å². The van der Waals surface area contributed by atoms with Crippen LogP contribution in [0.4, 0.5) is 10.8 Å². The molecule has 3 aromatic rings.